The highest BCUT2D eigenvalue weighted by molar-refractivity contribution is 5.88. The Morgan fingerprint density at radius 3 is 2.38 bits per heavy atom. The number of ether oxygens (including phenoxy) is 1. The largest absolute Gasteiger partial charge is 0.497 e. The summed E-state index contributed by atoms with van der Waals surface area (Å²) in [6.45, 7) is 4.15. The van der Waals surface area contributed by atoms with Crippen LogP contribution in [0, 0.1) is 6.92 Å². The predicted octanol–water partition coefficient (Wildman–Crippen LogP) is 2.71. The topological polar surface area (TPSA) is 58.6 Å². The summed E-state index contributed by atoms with van der Waals surface area (Å²) in [5.41, 5.74) is 3.01. The standard InChI is InChI=1S/C21H26N2O3/c1-15-6-5-7-18(12-15)14-23(16(2)21(25)22-3)20(24)13-17-8-10-19(26-4)11-9-17/h5-12,16H,13-14H2,1-4H3,(H,22,25)/t16-/m0/s1. The number of nitrogens with one attached hydrogen (secondary N) is 1. The van der Waals surface area contributed by atoms with Crippen LogP contribution < -0.4 is 10.1 Å². The first-order chi connectivity index (χ1) is 12.4. The molecule has 5 heteroatoms. The van der Waals surface area contributed by atoms with E-state index in [2.05, 4.69) is 5.32 Å². The lowest BCUT2D eigenvalue weighted by Crippen LogP contribution is -2.47. The Balaban J connectivity index is 2.20. The van der Waals surface area contributed by atoms with E-state index in [-0.39, 0.29) is 18.2 Å². The molecule has 0 aliphatic heterocycles. The molecule has 1 atom stereocenters. The number of nitrogens with zero attached hydrogens (tertiary/aromatic N) is 1. The maximum atomic E-state index is 12.9. The Morgan fingerprint density at radius 1 is 1.12 bits per heavy atom. The summed E-state index contributed by atoms with van der Waals surface area (Å²) < 4.78 is 5.15. The molecule has 1 N–H and O–H groups in total. The highest BCUT2D eigenvalue weighted by Gasteiger charge is 2.25. The first-order valence-corrected chi connectivity index (χ1v) is 8.64. The number of carbonyl (C=O) groups excluding carboxylic acids is 2. The van der Waals surface area contributed by atoms with Gasteiger partial charge in [-0.25, -0.2) is 0 Å². The van der Waals surface area contributed by atoms with Crippen molar-refractivity contribution in [3.8, 4) is 5.75 Å². The molecule has 0 aliphatic rings. The molecule has 0 radical (unpaired) electrons. The van der Waals surface area contributed by atoms with E-state index in [0.29, 0.717) is 6.54 Å². The average molecular weight is 354 g/mol. The van der Waals surface area contributed by atoms with Gasteiger partial charge in [0.15, 0.2) is 0 Å². The van der Waals surface area contributed by atoms with Crippen molar-refractivity contribution in [3.05, 3.63) is 65.2 Å². The molecule has 0 fully saturated rings. The van der Waals surface area contributed by atoms with Crippen LogP contribution in [0.25, 0.3) is 0 Å². The molecule has 5 nitrogen and oxygen atoms in total. The SMILES string of the molecule is CNC(=O)[C@H](C)N(Cc1cccc(C)c1)C(=O)Cc1ccc(OC)cc1. The van der Waals surface area contributed by atoms with Gasteiger partial charge in [0.05, 0.1) is 13.5 Å². The predicted molar refractivity (Wildman–Crippen MR) is 102 cm³/mol. The maximum absolute atomic E-state index is 12.9. The zero-order chi connectivity index (χ0) is 19.1. The van der Waals surface area contributed by atoms with Gasteiger partial charge in [0, 0.05) is 13.6 Å². The lowest BCUT2D eigenvalue weighted by atomic mass is 10.1. The first kappa shape index (κ1) is 19.5. The molecule has 0 saturated carbocycles. The van der Waals surface area contributed by atoms with Gasteiger partial charge >= 0.3 is 0 Å². The minimum absolute atomic E-state index is 0.0900. The molecule has 26 heavy (non-hydrogen) atoms. The number of carbonyl (C=O) groups is 2. The fourth-order valence-electron chi connectivity index (χ4n) is 2.82. The first-order valence-electron chi connectivity index (χ1n) is 8.64. The van der Waals surface area contributed by atoms with E-state index in [9.17, 15) is 9.59 Å². The summed E-state index contributed by atoms with van der Waals surface area (Å²) in [6, 6.07) is 14.8. The van der Waals surface area contributed by atoms with Crippen molar-refractivity contribution in [2.75, 3.05) is 14.2 Å². The van der Waals surface area contributed by atoms with Crippen molar-refractivity contribution >= 4 is 11.8 Å². The summed E-state index contributed by atoms with van der Waals surface area (Å²) in [6.07, 6.45) is 0.233. The van der Waals surface area contributed by atoms with E-state index in [0.717, 1.165) is 22.4 Å². The lowest BCUT2D eigenvalue weighted by molar-refractivity contribution is -0.139. The normalized spacial score (nSPS) is 11.5. The van der Waals surface area contributed by atoms with E-state index >= 15 is 0 Å². The van der Waals surface area contributed by atoms with Crippen molar-refractivity contribution in [2.45, 2.75) is 32.9 Å². The zero-order valence-corrected chi connectivity index (χ0v) is 15.8. The maximum Gasteiger partial charge on any atom is 0.242 e. The van der Waals surface area contributed by atoms with Crippen molar-refractivity contribution in [1.29, 1.82) is 0 Å². The molecule has 138 valence electrons. The van der Waals surface area contributed by atoms with Crippen molar-refractivity contribution in [1.82, 2.24) is 10.2 Å². The highest BCUT2D eigenvalue weighted by atomic mass is 16.5. The molecule has 0 saturated heterocycles. The van der Waals surface area contributed by atoms with Gasteiger partial charge in [0.2, 0.25) is 11.8 Å². The van der Waals surface area contributed by atoms with E-state index in [1.54, 1.807) is 26.0 Å². The van der Waals surface area contributed by atoms with Gasteiger partial charge in [0.25, 0.3) is 0 Å². The third-order valence-corrected chi connectivity index (χ3v) is 4.36. The Hall–Kier alpha value is -2.82. The van der Waals surface area contributed by atoms with E-state index in [1.165, 1.54) is 0 Å². The van der Waals surface area contributed by atoms with Crippen LogP contribution in [0.4, 0.5) is 0 Å². The van der Waals surface area contributed by atoms with Crippen LogP contribution >= 0.6 is 0 Å². The molecular weight excluding hydrogens is 328 g/mol. The van der Waals surface area contributed by atoms with Crippen molar-refractivity contribution < 1.29 is 14.3 Å². The molecule has 0 bridgehead atoms. The van der Waals surface area contributed by atoms with Crippen molar-refractivity contribution in [2.24, 2.45) is 0 Å². The number of hydrogen-bond acceptors (Lipinski definition) is 3. The Labute approximate surface area is 155 Å². The number of amides is 2. The van der Waals surface area contributed by atoms with E-state index < -0.39 is 6.04 Å². The number of likely N-dealkylation sites (N-methyl/N-ethyl adjacent to an activating group) is 1. The highest BCUT2D eigenvalue weighted by Crippen LogP contribution is 2.16. The third-order valence-electron chi connectivity index (χ3n) is 4.36. The van der Waals surface area contributed by atoms with Gasteiger partial charge in [-0.3, -0.25) is 9.59 Å². The van der Waals surface area contributed by atoms with Gasteiger partial charge in [0.1, 0.15) is 11.8 Å². The van der Waals surface area contributed by atoms with E-state index in [1.807, 2.05) is 55.5 Å². The quantitative estimate of drug-likeness (QED) is 0.832. The van der Waals surface area contributed by atoms with Gasteiger partial charge in [-0.1, -0.05) is 42.0 Å². The van der Waals surface area contributed by atoms with Crippen LogP contribution in [-0.2, 0) is 22.6 Å². The molecule has 2 rings (SSSR count). The van der Waals surface area contributed by atoms with Crippen LogP contribution in [0.2, 0.25) is 0 Å². The number of aryl methyl sites for hydroxylation is 1. The number of rotatable bonds is 7. The molecule has 0 aromatic heterocycles. The summed E-state index contributed by atoms with van der Waals surface area (Å²) in [4.78, 5) is 26.7. The smallest absolute Gasteiger partial charge is 0.242 e. The van der Waals surface area contributed by atoms with Crippen LogP contribution in [0.5, 0.6) is 5.75 Å². The number of benzene rings is 2. The summed E-state index contributed by atoms with van der Waals surface area (Å²) in [7, 11) is 3.19. The summed E-state index contributed by atoms with van der Waals surface area (Å²) >= 11 is 0. The minimum Gasteiger partial charge on any atom is -0.497 e. The second-order valence-electron chi connectivity index (χ2n) is 6.33. The number of hydrogen-bond donors (Lipinski definition) is 1. The Bertz CT molecular complexity index is 756. The van der Waals surface area contributed by atoms with Crippen LogP contribution in [-0.4, -0.2) is 36.9 Å². The van der Waals surface area contributed by atoms with E-state index in [4.69, 9.17) is 4.74 Å². The van der Waals surface area contributed by atoms with Gasteiger partial charge in [-0.05, 0) is 37.1 Å². The molecule has 0 aliphatic carbocycles. The van der Waals surface area contributed by atoms with Crippen LogP contribution in [0.1, 0.15) is 23.6 Å². The van der Waals surface area contributed by atoms with Crippen molar-refractivity contribution in [3.63, 3.8) is 0 Å². The monoisotopic (exact) mass is 354 g/mol. The number of methoxy groups -OCH3 is 1. The molecule has 2 aromatic rings. The van der Waals surface area contributed by atoms with Gasteiger partial charge in [-0.15, -0.1) is 0 Å². The Kier molecular flexibility index (Phi) is 6.78. The zero-order valence-electron chi connectivity index (χ0n) is 15.8. The Morgan fingerprint density at radius 2 is 1.81 bits per heavy atom. The molecule has 0 heterocycles. The molecule has 0 unspecified atom stereocenters. The minimum atomic E-state index is -0.550. The summed E-state index contributed by atoms with van der Waals surface area (Å²) in [5.74, 6) is 0.477. The van der Waals surface area contributed by atoms with Crippen LogP contribution in [0.15, 0.2) is 48.5 Å². The molecule has 2 amide bonds. The van der Waals surface area contributed by atoms with Gasteiger partial charge in [-0.2, -0.15) is 0 Å². The molecule has 2 aromatic carbocycles. The average Bonchev–Trinajstić information content (AvgIpc) is 2.65. The van der Waals surface area contributed by atoms with Gasteiger partial charge < -0.3 is 15.0 Å². The summed E-state index contributed by atoms with van der Waals surface area (Å²) in [5, 5.41) is 2.63. The molecule has 0 spiro atoms. The lowest BCUT2D eigenvalue weighted by Gasteiger charge is -2.28. The second-order valence-corrected chi connectivity index (χ2v) is 6.33. The fraction of sp³-hybridized carbons (Fsp3) is 0.333. The van der Waals surface area contributed by atoms with Crippen LogP contribution in [0.3, 0.4) is 0 Å². The fourth-order valence-corrected chi connectivity index (χ4v) is 2.82. The third kappa shape index (κ3) is 5.09. The second kappa shape index (κ2) is 9.04. The molecular formula is C21H26N2O3.